The summed E-state index contributed by atoms with van der Waals surface area (Å²) in [5.41, 5.74) is 1.11. The minimum atomic E-state index is 0.0119. The Hall–Kier alpha value is -1.89. The first-order valence-corrected chi connectivity index (χ1v) is 10.6. The molecule has 27 heavy (non-hydrogen) atoms. The fourth-order valence-corrected chi connectivity index (χ4v) is 4.70. The van der Waals surface area contributed by atoms with Crippen molar-refractivity contribution in [1.82, 2.24) is 29.2 Å². The molecule has 2 fully saturated rings. The van der Waals surface area contributed by atoms with Crippen molar-refractivity contribution < 1.29 is 0 Å². The molecular formula is C20H32N6O. The van der Waals surface area contributed by atoms with Crippen LogP contribution in [0.25, 0.3) is 0 Å². The Labute approximate surface area is 160 Å². The zero-order chi connectivity index (χ0) is 18.6. The van der Waals surface area contributed by atoms with E-state index in [2.05, 4.69) is 14.9 Å². The summed E-state index contributed by atoms with van der Waals surface area (Å²) < 4.78 is 5.78. The Bertz CT molecular complexity index is 792. The van der Waals surface area contributed by atoms with Crippen molar-refractivity contribution in [2.75, 3.05) is 13.1 Å². The normalized spacial score (nSPS) is 19.6. The van der Waals surface area contributed by atoms with Gasteiger partial charge >= 0.3 is 5.69 Å². The number of nitrogens with one attached hydrogen (secondary N) is 1. The molecule has 1 saturated heterocycles. The first-order valence-electron chi connectivity index (χ1n) is 10.6. The largest absolute Gasteiger partial charge is 0.346 e. The van der Waals surface area contributed by atoms with Gasteiger partial charge in [0.15, 0.2) is 0 Å². The van der Waals surface area contributed by atoms with Crippen molar-refractivity contribution in [3.63, 3.8) is 0 Å². The highest BCUT2D eigenvalue weighted by Gasteiger charge is 2.21. The van der Waals surface area contributed by atoms with Crippen molar-refractivity contribution in [3.8, 4) is 0 Å². The molecule has 0 atom stereocenters. The predicted molar refractivity (Wildman–Crippen MR) is 105 cm³/mol. The van der Waals surface area contributed by atoms with E-state index in [9.17, 15) is 4.79 Å². The Balaban J connectivity index is 1.54. The maximum atomic E-state index is 12.9. The van der Waals surface area contributed by atoms with Gasteiger partial charge in [-0.25, -0.2) is 14.5 Å². The molecule has 0 radical (unpaired) electrons. The van der Waals surface area contributed by atoms with Crippen LogP contribution in [0, 0.1) is 5.92 Å². The smallest absolute Gasteiger partial charge is 0.330 e. The van der Waals surface area contributed by atoms with E-state index >= 15 is 0 Å². The molecule has 0 amide bonds. The SMILES string of the molecule is CCn1c(CC2CCNCC2)nn(Cc2cncn2C2CCCCC2)c1=O. The summed E-state index contributed by atoms with van der Waals surface area (Å²) in [6, 6.07) is 0.523. The summed E-state index contributed by atoms with van der Waals surface area (Å²) in [7, 11) is 0. The molecule has 7 nitrogen and oxygen atoms in total. The molecule has 1 N–H and O–H groups in total. The quantitative estimate of drug-likeness (QED) is 0.845. The molecule has 7 heteroatoms. The lowest BCUT2D eigenvalue weighted by Gasteiger charge is -2.24. The van der Waals surface area contributed by atoms with Crippen LogP contribution in [0.1, 0.15) is 69.4 Å². The van der Waals surface area contributed by atoms with E-state index in [0.717, 1.165) is 31.0 Å². The van der Waals surface area contributed by atoms with Crippen LogP contribution in [-0.4, -0.2) is 37.0 Å². The number of hydrogen-bond acceptors (Lipinski definition) is 4. The fraction of sp³-hybridized carbons (Fsp3) is 0.750. The standard InChI is InChI=1S/C20H32N6O/c1-2-24-19(12-16-8-10-21-11-9-16)23-26(20(24)27)14-18-13-22-15-25(18)17-6-4-3-5-7-17/h13,15-17,21H,2-12,14H2,1H3. The summed E-state index contributed by atoms with van der Waals surface area (Å²) in [5.74, 6) is 1.57. The molecule has 2 aromatic heterocycles. The Morgan fingerprint density at radius 1 is 1.15 bits per heavy atom. The van der Waals surface area contributed by atoms with Gasteiger partial charge in [-0.2, -0.15) is 5.10 Å². The van der Waals surface area contributed by atoms with Crippen molar-refractivity contribution >= 4 is 0 Å². The average Bonchev–Trinajstić information content (AvgIpc) is 3.28. The van der Waals surface area contributed by atoms with Crippen LogP contribution in [0.3, 0.4) is 0 Å². The number of rotatable bonds is 6. The second-order valence-electron chi connectivity index (χ2n) is 8.08. The maximum absolute atomic E-state index is 12.9. The van der Waals surface area contributed by atoms with Gasteiger partial charge in [-0.1, -0.05) is 19.3 Å². The van der Waals surface area contributed by atoms with Crippen LogP contribution < -0.4 is 11.0 Å². The third-order valence-electron chi connectivity index (χ3n) is 6.27. The highest BCUT2D eigenvalue weighted by molar-refractivity contribution is 5.02. The zero-order valence-corrected chi connectivity index (χ0v) is 16.4. The van der Waals surface area contributed by atoms with E-state index in [1.54, 1.807) is 4.68 Å². The van der Waals surface area contributed by atoms with Gasteiger partial charge in [-0.15, -0.1) is 0 Å². The van der Waals surface area contributed by atoms with E-state index in [1.807, 2.05) is 24.0 Å². The Morgan fingerprint density at radius 2 is 1.93 bits per heavy atom. The van der Waals surface area contributed by atoms with E-state index in [4.69, 9.17) is 5.10 Å². The summed E-state index contributed by atoms with van der Waals surface area (Å²) in [6.45, 7) is 5.37. The van der Waals surface area contributed by atoms with Gasteiger partial charge in [0, 0.05) is 19.0 Å². The molecular weight excluding hydrogens is 340 g/mol. The summed E-state index contributed by atoms with van der Waals surface area (Å²) in [5, 5.41) is 8.15. The first-order chi connectivity index (χ1) is 13.3. The molecule has 0 aromatic carbocycles. The Kier molecular flexibility index (Phi) is 5.76. The van der Waals surface area contributed by atoms with Crippen LogP contribution in [0.2, 0.25) is 0 Å². The molecule has 1 aliphatic carbocycles. The van der Waals surface area contributed by atoms with Gasteiger partial charge in [0.05, 0.1) is 24.8 Å². The fourth-order valence-electron chi connectivity index (χ4n) is 4.70. The third kappa shape index (κ3) is 4.03. The monoisotopic (exact) mass is 372 g/mol. The summed E-state index contributed by atoms with van der Waals surface area (Å²) >= 11 is 0. The minimum absolute atomic E-state index is 0.0119. The van der Waals surface area contributed by atoms with E-state index in [-0.39, 0.29) is 5.69 Å². The van der Waals surface area contributed by atoms with E-state index in [0.29, 0.717) is 25.0 Å². The molecule has 0 bridgehead atoms. The number of piperidine rings is 1. The van der Waals surface area contributed by atoms with Crippen molar-refractivity contribution in [2.45, 2.75) is 77.4 Å². The van der Waals surface area contributed by atoms with Crippen molar-refractivity contribution in [2.24, 2.45) is 5.92 Å². The van der Waals surface area contributed by atoms with Crippen molar-refractivity contribution in [1.29, 1.82) is 0 Å². The average molecular weight is 373 g/mol. The van der Waals surface area contributed by atoms with Crippen molar-refractivity contribution in [3.05, 3.63) is 34.5 Å². The number of aromatic nitrogens is 5. The molecule has 0 spiro atoms. The number of imidazole rings is 1. The van der Waals surface area contributed by atoms with Gasteiger partial charge in [-0.3, -0.25) is 4.57 Å². The van der Waals surface area contributed by atoms with Crippen LogP contribution in [0.4, 0.5) is 0 Å². The molecule has 3 heterocycles. The lowest BCUT2D eigenvalue weighted by Crippen LogP contribution is -2.30. The minimum Gasteiger partial charge on any atom is -0.330 e. The van der Waals surface area contributed by atoms with E-state index < -0.39 is 0 Å². The second-order valence-corrected chi connectivity index (χ2v) is 8.08. The molecule has 1 saturated carbocycles. The highest BCUT2D eigenvalue weighted by atomic mass is 16.2. The predicted octanol–water partition coefficient (Wildman–Crippen LogP) is 2.36. The second kappa shape index (κ2) is 8.42. The summed E-state index contributed by atoms with van der Waals surface area (Å²) in [6.07, 6.45) is 13.4. The lowest BCUT2D eigenvalue weighted by atomic mass is 9.94. The van der Waals surface area contributed by atoms with Gasteiger partial charge < -0.3 is 9.88 Å². The molecule has 2 aromatic rings. The van der Waals surface area contributed by atoms with Crippen LogP contribution >= 0.6 is 0 Å². The highest BCUT2D eigenvalue weighted by Crippen LogP contribution is 2.29. The molecule has 148 valence electrons. The van der Waals surface area contributed by atoms with Crippen LogP contribution in [0.5, 0.6) is 0 Å². The van der Waals surface area contributed by atoms with Gasteiger partial charge in [0.1, 0.15) is 5.82 Å². The molecule has 2 aliphatic rings. The van der Waals surface area contributed by atoms with Crippen LogP contribution in [-0.2, 0) is 19.5 Å². The van der Waals surface area contributed by atoms with Gasteiger partial charge in [0.2, 0.25) is 0 Å². The summed E-state index contributed by atoms with van der Waals surface area (Å²) in [4.78, 5) is 17.3. The maximum Gasteiger partial charge on any atom is 0.346 e. The Morgan fingerprint density at radius 3 is 2.67 bits per heavy atom. The first kappa shape index (κ1) is 18.5. The third-order valence-corrected chi connectivity index (χ3v) is 6.27. The van der Waals surface area contributed by atoms with Gasteiger partial charge in [-0.05, 0) is 51.6 Å². The molecule has 4 rings (SSSR count). The van der Waals surface area contributed by atoms with Gasteiger partial charge in [0.25, 0.3) is 0 Å². The molecule has 1 aliphatic heterocycles. The lowest BCUT2D eigenvalue weighted by molar-refractivity contribution is 0.343. The zero-order valence-electron chi connectivity index (χ0n) is 16.4. The number of nitrogens with zero attached hydrogens (tertiary/aromatic N) is 5. The number of hydrogen-bond donors (Lipinski definition) is 1. The van der Waals surface area contributed by atoms with E-state index in [1.165, 1.54) is 44.9 Å². The van der Waals surface area contributed by atoms with Crippen LogP contribution in [0.15, 0.2) is 17.3 Å². The molecule has 0 unspecified atom stereocenters. The topological polar surface area (TPSA) is 69.7 Å².